The van der Waals surface area contributed by atoms with E-state index >= 15 is 0 Å². The Bertz CT molecular complexity index is 385. The van der Waals surface area contributed by atoms with Crippen LogP contribution < -0.4 is 10.6 Å². The lowest BCUT2D eigenvalue weighted by Crippen LogP contribution is -2.49. The molecule has 1 heterocycles. The van der Waals surface area contributed by atoms with E-state index in [9.17, 15) is 14.4 Å². The van der Waals surface area contributed by atoms with Gasteiger partial charge in [0.2, 0.25) is 5.91 Å². The minimum atomic E-state index is -0.903. The van der Waals surface area contributed by atoms with Crippen molar-refractivity contribution in [3.05, 3.63) is 0 Å². The highest BCUT2D eigenvalue weighted by molar-refractivity contribution is 5.87. The average Bonchev–Trinajstić information content (AvgIpc) is 2.73. The number of hydrogen-bond donors (Lipinski definition) is 3. The third kappa shape index (κ3) is 3.59. The summed E-state index contributed by atoms with van der Waals surface area (Å²) in [7, 11) is 0. The van der Waals surface area contributed by atoms with Gasteiger partial charge in [-0.3, -0.25) is 9.59 Å². The SMILES string of the molecule is CCNC(=O)C(C)NC(=O)N1CCC(C)(C(=O)O)C1. The summed E-state index contributed by atoms with van der Waals surface area (Å²) in [5.41, 5.74) is -0.897. The van der Waals surface area contributed by atoms with Gasteiger partial charge in [-0.25, -0.2) is 4.79 Å². The molecule has 1 rings (SSSR count). The molecule has 2 unspecified atom stereocenters. The number of likely N-dealkylation sites (N-methyl/N-ethyl adjacent to an activating group) is 1. The number of rotatable bonds is 4. The van der Waals surface area contributed by atoms with E-state index in [0.29, 0.717) is 19.5 Å². The van der Waals surface area contributed by atoms with Gasteiger partial charge in [0.1, 0.15) is 6.04 Å². The molecule has 1 fully saturated rings. The summed E-state index contributed by atoms with van der Waals surface area (Å²) < 4.78 is 0. The molecular formula is C12H21N3O4. The number of nitrogens with zero attached hydrogens (tertiary/aromatic N) is 1. The minimum absolute atomic E-state index is 0.163. The van der Waals surface area contributed by atoms with Crippen molar-refractivity contribution in [3.63, 3.8) is 0 Å². The summed E-state index contributed by atoms with van der Waals surface area (Å²) >= 11 is 0. The summed E-state index contributed by atoms with van der Waals surface area (Å²) in [4.78, 5) is 35.9. The Morgan fingerprint density at radius 2 is 2.05 bits per heavy atom. The highest BCUT2D eigenvalue weighted by atomic mass is 16.4. The van der Waals surface area contributed by atoms with E-state index in [1.807, 2.05) is 0 Å². The second-order valence-electron chi connectivity index (χ2n) is 5.10. The molecule has 2 atom stereocenters. The Kier molecular flexibility index (Phi) is 4.74. The molecule has 1 saturated heterocycles. The van der Waals surface area contributed by atoms with Gasteiger partial charge in [0, 0.05) is 19.6 Å². The van der Waals surface area contributed by atoms with Crippen LogP contribution in [-0.2, 0) is 9.59 Å². The maximum Gasteiger partial charge on any atom is 0.318 e. The summed E-state index contributed by atoms with van der Waals surface area (Å²) in [6, 6.07) is -1.03. The first kappa shape index (κ1) is 15.3. The molecule has 0 bridgehead atoms. The maximum absolute atomic E-state index is 11.9. The molecule has 7 nitrogen and oxygen atoms in total. The van der Waals surface area contributed by atoms with Gasteiger partial charge in [-0.05, 0) is 27.2 Å². The van der Waals surface area contributed by atoms with Crippen molar-refractivity contribution in [1.29, 1.82) is 0 Å². The van der Waals surface area contributed by atoms with Crippen LogP contribution in [0.4, 0.5) is 4.79 Å². The number of urea groups is 1. The number of nitrogens with one attached hydrogen (secondary N) is 2. The number of carboxylic acid groups (broad SMARTS) is 1. The van der Waals surface area contributed by atoms with Crippen LogP contribution in [0.1, 0.15) is 27.2 Å². The Hall–Kier alpha value is -1.79. The second-order valence-corrected chi connectivity index (χ2v) is 5.10. The van der Waals surface area contributed by atoms with Crippen LogP contribution in [0.5, 0.6) is 0 Å². The van der Waals surface area contributed by atoms with Crippen molar-refractivity contribution in [2.75, 3.05) is 19.6 Å². The number of amides is 3. The first-order chi connectivity index (χ1) is 8.80. The van der Waals surface area contributed by atoms with E-state index in [-0.39, 0.29) is 12.5 Å². The molecule has 108 valence electrons. The fourth-order valence-electron chi connectivity index (χ4n) is 1.98. The molecule has 19 heavy (non-hydrogen) atoms. The van der Waals surface area contributed by atoms with Gasteiger partial charge < -0.3 is 20.6 Å². The lowest BCUT2D eigenvalue weighted by Gasteiger charge is -2.22. The first-order valence-corrected chi connectivity index (χ1v) is 6.36. The topological polar surface area (TPSA) is 98.7 Å². The lowest BCUT2D eigenvalue weighted by atomic mass is 9.90. The van der Waals surface area contributed by atoms with Gasteiger partial charge in [-0.15, -0.1) is 0 Å². The van der Waals surface area contributed by atoms with Gasteiger partial charge in [-0.2, -0.15) is 0 Å². The second kappa shape index (κ2) is 5.90. The molecule has 1 aliphatic heterocycles. The minimum Gasteiger partial charge on any atom is -0.481 e. The van der Waals surface area contributed by atoms with E-state index in [2.05, 4.69) is 10.6 Å². The number of carbonyl (C=O) groups excluding carboxylic acids is 2. The molecule has 1 aliphatic rings. The van der Waals surface area contributed by atoms with Crippen molar-refractivity contribution >= 4 is 17.9 Å². The smallest absolute Gasteiger partial charge is 0.318 e. The molecule has 3 amide bonds. The molecule has 0 aliphatic carbocycles. The molecule has 0 saturated carbocycles. The van der Waals surface area contributed by atoms with Crippen molar-refractivity contribution < 1.29 is 19.5 Å². The van der Waals surface area contributed by atoms with Gasteiger partial charge in [0.25, 0.3) is 0 Å². The van der Waals surface area contributed by atoms with E-state index in [4.69, 9.17) is 5.11 Å². The molecule has 7 heteroatoms. The Labute approximate surface area is 112 Å². The Balaban J connectivity index is 2.52. The number of carbonyl (C=O) groups is 3. The largest absolute Gasteiger partial charge is 0.481 e. The van der Waals surface area contributed by atoms with Gasteiger partial charge in [0.15, 0.2) is 0 Å². The van der Waals surface area contributed by atoms with Crippen LogP contribution in [0.2, 0.25) is 0 Å². The van der Waals surface area contributed by atoms with Crippen molar-refractivity contribution in [2.45, 2.75) is 33.2 Å². The van der Waals surface area contributed by atoms with Crippen molar-refractivity contribution in [1.82, 2.24) is 15.5 Å². The average molecular weight is 271 g/mol. The Morgan fingerprint density at radius 3 is 2.53 bits per heavy atom. The van der Waals surface area contributed by atoms with E-state index in [1.54, 1.807) is 20.8 Å². The van der Waals surface area contributed by atoms with E-state index < -0.39 is 23.5 Å². The van der Waals surface area contributed by atoms with Crippen LogP contribution in [-0.4, -0.2) is 53.6 Å². The van der Waals surface area contributed by atoms with Crippen LogP contribution in [0, 0.1) is 5.41 Å². The number of hydrogen-bond acceptors (Lipinski definition) is 3. The number of carboxylic acids is 1. The quantitative estimate of drug-likeness (QED) is 0.671. The zero-order valence-electron chi connectivity index (χ0n) is 11.5. The molecule has 0 spiro atoms. The third-order valence-corrected chi connectivity index (χ3v) is 3.36. The molecule has 0 aromatic carbocycles. The highest BCUT2D eigenvalue weighted by Gasteiger charge is 2.42. The fourth-order valence-corrected chi connectivity index (χ4v) is 1.98. The van der Waals surface area contributed by atoms with Crippen LogP contribution in [0.15, 0.2) is 0 Å². The zero-order chi connectivity index (χ0) is 14.6. The molecule has 0 aromatic heterocycles. The Morgan fingerprint density at radius 1 is 1.42 bits per heavy atom. The van der Waals surface area contributed by atoms with Crippen LogP contribution in [0.25, 0.3) is 0 Å². The molecule has 3 N–H and O–H groups in total. The van der Waals surface area contributed by atoms with Gasteiger partial charge in [0.05, 0.1) is 5.41 Å². The summed E-state index contributed by atoms with van der Waals surface area (Å²) in [6.07, 6.45) is 0.422. The predicted molar refractivity (Wildman–Crippen MR) is 68.6 cm³/mol. The standard InChI is InChI=1S/C12H21N3O4/c1-4-13-9(16)8(2)14-11(19)15-6-5-12(3,7-15)10(17)18/h8H,4-7H2,1-3H3,(H,13,16)(H,14,19)(H,17,18). The van der Waals surface area contributed by atoms with E-state index in [1.165, 1.54) is 4.90 Å². The predicted octanol–water partition coefficient (Wildman–Crippen LogP) is 0.0172. The molecule has 0 radical (unpaired) electrons. The number of likely N-dealkylation sites (tertiary alicyclic amines) is 1. The normalized spacial score (nSPS) is 23.8. The maximum atomic E-state index is 11.9. The third-order valence-electron chi connectivity index (χ3n) is 3.36. The summed E-state index contributed by atoms with van der Waals surface area (Å²) in [5, 5.41) is 14.3. The molecular weight excluding hydrogens is 250 g/mol. The highest BCUT2D eigenvalue weighted by Crippen LogP contribution is 2.29. The zero-order valence-corrected chi connectivity index (χ0v) is 11.5. The summed E-state index contributed by atoms with van der Waals surface area (Å²) in [6.45, 7) is 6.06. The first-order valence-electron chi connectivity index (χ1n) is 6.36. The van der Waals surface area contributed by atoms with Crippen LogP contribution in [0.3, 0.4) is 0 Å². The van der Waals surface area contributed by atoms with Crippen LogP contribution >= 0.6 is 0 Å². The fraction of sp³-hybridized carbons (Fsp3) is 0.750. The van der Waals surface area contributed by atoms with Gasteiger partial charge >= 0.3 is 12.0 Å². The van der Waals surface area contributed by atoms with E-state index in [0.717, 1.165) is 0 Å². The molecule has 0 aromatic rings. The van der Waals surface area contributed by atoms with Crippen molar-refractivity contribution in [2.24, 2.45) is 5.41 Å². The number of aliphatic carboxylic acids is 1. The van der Waals surface area contributed by atoms with Crippen molar-refractivity contribution in [3.8, 4) is 0 Å². The lowest BCUT2D eigenvalue weighted by molar-refractivity contribution is -0.147. The van der Waals surface area contributed by atoms with Gasteiger partial charge in [-0.1, -0.05) is 0 Å². The summed E-state index contributed by atoms with van der Waals surface area (Å²) in [5.74, 6) is -1.16. The monoisotopic (exact) mass is 271 g/mol.